The molecule has 1 aliphatic carbocycles. The highest BCUT2D eigenvalue weighted by molar-refractivity contribution is 5.94. The third-order valence-electron chi connectivity index (χ3n) is 4.47. The minimum Gasteiger partial charge on any atom is -0.350 e. The molecule has 1 heterocycles. The number of alkyl halides is 3. The number of amides is 1. The Balaban J connectivity index is 1.90. The maximum atomic E-state index is 13.3. The summed E-state index contributed by atoms with van der Waals surface area (Å²) in [7, 11) is 0. The molecule has 1 N–H and O–H groups in total. The summed E-state index contributed by atoms with van der Waals surface area (Å²) in [6, 6.07) is 6.96. The van der Waals surface area contributed by atoms with Gasteiger partial charge in [-0.25, -0.2) is 0 Å². The summed E-state index contributed by atoms with van der Waals surface area (Å²) >= 11 is 0. The largest absolute Gasteiger partial charge is 0.435 e. The first-order valence-electron chi connectivity index (χ1n) is 8.81. The lowest BCUT2D eigenvalue weighted by molar-refractivity contribution is -0.142. The van der Waals surface area contributed by atoms with Crippen molar-refractivity contribution >= 4 is 5.91 Å². The van der Waals surface area contributed by atoms with Crippen molar-refractivity contribution in [1.82, 2.24) is 15.1 Å². The zero-order valence-electron chi connectivity index (χ0n) is 14.9. The van der Waals surface area contributed by atoms with Gasteiger partial charge in [0.05, 0.1) is 6.54 Å². The molecule has 1 amide bonds. The number of halogens is 3. The summed E-state index contributed by atoms with van der Waals surface area (Å²) < 4.78 is 41.3. The summed E-state index contributed by atoms with van der Waals surface area (Å²) in [6.45, 7) is 3.97. The highest BCUT2D eigenvalue weighted by atomic mass is 19.4. The monoisotopic (exact) mass is 365 g/mol. The third kappa shape index (κ3) is 3.92. The minimum atomic E-state index is -4.44. The molecule has 1 aliphatic rings. The maximum Gasteiger partial charge on any atom is 0.435 e. The van der Waals surface area contributed by atoms with Gasteiger partial charge in [0.25, 0.3) is 5.91 Å². The predicted octanol–water partition coefficient (Wildman–Crippen LogP) is 3.97. The number of aromatic nitrogens is 2. The second kappa shape index (κ2) is 7.13. The minimum absolute atomic E-state index is 0.0126. The van der Waals surface area contributed by atoms with Crippen molar-refractivity contribution in [3.8, 4) is 0 Å². The van der Waals surface area contributed by atoms with Crippen molar-refractivity contribution in [2.75, 3.05) is 0 Å². The molecule has 140 valence electrons. The molecule has 0 spiro atoms. The van der Waals surface area contributed by atoms with Crippen LogP contribution in [0.1, 0.15) is 59.6 Å². The molecule has 3 rings (SSSR count). The van der Waals surface area contributed by atoms with Crippen LogP contribution in [0.3, 0.4) is 0 Å². The van der Waals surface area contributed by atoms with Gasteiger partial charge in [-0.2, -0.15) is 18.3 Å². The van der Waals surface area contributed by atoms with Gasteiger partial charge >= 0.3 is 6.18 Å². The number of hydrogen-bond donors (Lipinski definition) is 1. The number of nitrogens with one attached hydrogen (secondary N) is 1. The van der Waals surface area contributed by atoms with E-state index in [0.29, 0.717) is 29.7 Å². The number of carbonyl (C=O) groups excluding carboxylic acids is 1. The third-order valence-corrected chi connectivity index (χ3v) is 4.47. The Kier molecular flexibility index (Phi) is 5.07. The predicted molar refractivity (Wildman–Crippen MR) is 92.0 cm³/mol. The molecule has 0 radical (unpaired) electrons. The molecule has 0 fully saturated rings. The Morgan fingerprint density at radius 3 is 2.69 bits per heavy atom. The number of benzene rings is 1. The summed E-state index contributed by atoms with van der Waals surface area (Å²) in [6.07, 6.45) is -1.79. The van der Waals surface area contributed by atoms with E-state index >= 15 is 0 Å². The quantitative estimate of drug-likeness (QED) is 0.891. The van der Waals surface area contributed by atoms with Gasteiger partial charge in [0.15, 0.2) is 5.69 Å². The molecule has 0 aliphatic heterocycles. The second-order valence-electron chi connectivity index (χ2n) is 6.96. The van der Waals surface area contributed by atoms with E-state index in [1.165, 1.54) is 4.68 Å². The van der Waals surface area contributed by atoms with Crippen LogP contribution >= 0.6 is 0 Å². The molecule has 1 aromatic heterocycles. The van der Waals surface area contributed by atoms with Gasteiger partial charge in [-0.15, -0.1) is 0 Å². The fraction of sp³-hybridized carbons (Fsp3) is 0.474. The second-order valence-corrected chi connectivity index (χ2v) is 6.96. The molecular weight excluding hydrogens is 343 g/mol. The van der Waals surface area contributed by atoms with E-state index in [1.807, 2.05) is 13.8 Å². The van der Waals surface area contributed by atoms with E-state index in [4.69, 9.17) is 0 Å². The number of carbonyl (C=O) groups is 1. The Morgan fingerprint density at radius 1 is 1.27 bits per heavy atom. The number of nitrogens with zero attached hydrogens (tertiary/aromatic N) is 2. The Morgan fingerprint density at radius 2 is 2.00 bits per heavy atom. The lowest BCUT2D eigenvalue weighted by Gasteiger charge is -2.15. The van der Waals surface area contributed by atoms with Crippen LogP contribution in [0, 0.1) is 0 Å². The number of hydrogen-bond acceptors (Lipinski definition) is 2. The van der Waals surface area contributed by atoms with E-state index < -0.39 is 11.9 Å². The van der Waals surface area contributed by atoms with Crippen LogP contribution in [-0.4, -0.2) is 21.7 Å². The Labute approximate surface area is 150 Å². The fourth-order valence-electron chi connectivity index (χ4n) is 3.36. The van der Waals surface area contributed by atoms with Gasteiger partial charge < -0.3 is 5.32 Å². The molecule has 1 aromatic carbocycles. The lowest BCUT2D eigenvalue weighted by atomic mass is 9.95. The number of fused-ring (bicyclic) bond motifs is 1. The number of rotatable bonds is 4. The van der Waals surface area contributed by atoms with Crippen LogP contribution < -0.4 is 5.32 Å². The molecule has 4 nitrogen and oxygen atoms in total. The average Bonchev–Trinajstić information content (AvgIpc) is 2.94. The van der Waals surface area contributed by atoms with Crippen molar-refractivity contribution in [3.63, 3.8) is 0 Å². The summed E-state index contributed by atoms with van der Waals surface area (Å²) in [5.74, 6) is -0.194. The zero-order valence-corrected chi connectivity index (χ0v) is 14.9. The molecule has 0 saturated heterocycles. The highest BCUT2D eigenvalue weighted by Gasteiger charge is 2.39. The summed E-state index contributed by atoms with van der Waals surface area (Å²) in [5, 5.41) is 6.69. The molecular formula is C19H22F3N3O. The van der Waals surface area contributed by atoms with Gasteiger partial charge in [0.2, 0.25) is 0 Å². The van der Waals surface area contributed by atoms with Gasteiger partial charge in [-0.1, -0.05) is 12.1 Å². The van der Waals surface area contributed by atoms with Crippen LogP contribution in [0.25, 0.3) is 0 Å². The van der Waals surface area contributed by atoms with Crippen LogP contribution in [-0.2, 0) is 25.6 Å². The Hall–Kier alpha value is -2.31. The van der Waals surface area contributed by atoms with E-state index in [2.05, 4.69) is 10.4 Å². The SMILES string of the molecule is CC(C)NC(=O)c1cccc(Cn2nc(C(F)(F)F)c3c2CCCC3)c1. The fourth-order valence-corrected chi connectivity index (χ4v) is 3.36. The van der Waals surface area contributed by atoms with Gasteiger partial charge in [0, 0.05) is 22.9 Å². The molecule has 0 unspecified atom stereocenters. The van der Waals surface area contributed by atoms with Crippen LogP contribution in [0.2, 0.25) is 0 Å². The van der Waals surface area contributed by atoms with E-state index in [-0.39, 0.29) is 18.5 Å². The van der Waals surface area contributed by atoms with Crippen LogP contribution in [0.4, 0.5) is 13.2 Å². The van der Waals surface area contributed by atoms with Gasteiger partial charge in [0.1, 0.15) is 0 Å². The van der Waals surface area contributed by atoms with E-state index in [9.17, 15) is 18.0 Å². The van der Waals surface area contributed by atoms with Crippen molar-refractivity contribution < 1.29 is 18.0 Å². The zero-order chi connectivity index (χ0) is 18.9. The molecule has 7 heteroatoms. The van der Waals surface area contributed by atoms with Crippen LogP contribution in [0.5, 0.6) is 0 Å². The van der Waals surface area contributed by atoms with Crippen molar-refractivity contribution in [3.05, 3.63) is 52.3 Å². The lowest BCUT2D eigenvalue weighted by Crippen LogP contribution is -2.30. The molecule has 0 bridgehead atoms. The van der Waals surface area contributed by atoms with Crippen molar-refractivity contribution in [1.29, 1.82) is 0 Å². The Bertz CT molecular complexity index is 809. The van der Waals surface area contributed by atoms with E-state index in [1.54, 1.807) is 24.3 Å². The molecule has 2 aromatic rings. The van der Waals surface area contributed by atoms with Crippen molar-refractivity contribution in [2.24, 2.45) is 0 Å². The molecule has 0 atom stereocenters. The molecule has 26 heavy (non-hydrogen) atoms. The summed E-state index contributed by atoms with van der Waals surface area (Å²) in [5.41, 5.74) is 1.48. The first-order valence-corrected chi connectivity index (χ1v) is 8.81. The topological polar surface area (TPSA) is 46.9 Å². The van der Waals surface area contributed by atoms with Gasteiger partial charge in [-0.3, -0.25) is 9.48 Å². The highest BCUT2D eigenvalue weighted by Crippen LogP contribution is 2.36. The maximum absolute atomic E-state index is 13.3. The van der Waals surface area contributed by atoms with Crippen molar-refractivity contribution in [2.45, 2.75) is 58.3 Å². The molecule has 0 saturated carbocycles. The summed E-state index contributed by atoms with van der Waals surface area (Å²) in [4.78, 5) is 12.1. The normalized spacial score (nSPS) is 14.4. The smallest absolute Gasteiger partial charge is 0.350 e. The first-order chi connectivity index (χ1) is 12.3. The van der Waals surface area contributed by atoms with E-state index in [0.717, 1.165) is 18.4 Å². The first kappa shape index (κ1) is 18.5. The standard InChI is InChI=1S/C19H22F3N3O/c1-12(2)23-18(26)14-7-5-6-13(10-14)11-25-16-9-4-3-8-15(16)17(24-25)19(20,21)22/h5-7,10,12H,3-4,8-9,11H2,1-2H3,(H,23,26). The van der Waals surface area contributed by atoms with Gasteiger partial charge in [-0.05, 0) is 57.2 Å². The average molecular weight is 365 g/mol. The van der Waals surface area contributed by atoms with Crippen LogP contribution in [0.15, 0.2) is 24.3 Å².